The molecule has 11 heteroatoms. The average Bonchev–Trinajstić information content (AvgIpc) is 2.89. The molecule has 0 fully saturated rings. The van der Waals surface area contributed by atoms with Gasteiger partial charge in [-0.2, -0.15) is 5.10 Å². The number of carbonyl (C=O) groups is 3. The quantitative estimate of drug-likeness (QED) is 0.222. The van der Waals surface area contributed by atoms with Gasteiger partial charge in [-0.05, 0) is 61.0 Å². The summed E-state index contributed by atoms with van der Waals surface area (Å²) < 4.78 is 15.9. The molecule has 3 aromatic carbocycles. The molecule has 0 aliphatic rings. The Labute approximate surface area is 218 Å². The van der Waals surface area contributed by atoms with Gasteiger partial charge in [0.25, 0.3) is 5.91 Å². The zero-order valence-corrected chi connectivity index (χ0v) is 21.1. The first-order valence-corrected chi connectivity index (χ1v) is 11.3. The third kappa shape index (κ3) is 7.97. The zero-order valence-electron chi connectivity index (χ0n) is 20.3. The highest BCUT2D eigenvalue weighted by atomic mass is 35.5. The second-order valence-corrected chi connectivity index (χ2v) is 8.03. The van der Waals surface area contributed by atoms with Crippen LogP contribution in [0.15, 0.2) is 65.8 Å². The molecular weight excluding hydrogens is 500 g/mol. The maximum absolute atomic E-state index is 12.2. The molecule has 0 saturated carbocycles. The summed E-state index contributed by atoms with van der Waals surface area (Å²) in [4.78, 5) is 36.3. The highest BCUT2D eigenvalue weighted by Crippen LogP contribution is 2.36. The van der Waals surface area contributed by atoms with E-state index in [-0.39, 0.29) is 29.0 Å². The van der Waals surface area contributed by atoms with Crippen molar-refractivity contribution in [3.05, 3.63) is 76.8 Å². The smallest absolute Gasteiger partial charge is 0.329 e. The number of hydrazone groups is 1. The van der Waals surface area contributed by atoms with Gasteiger partial charge in [-0.25, -0.2) is 5.43 Å². The predicted octanol–water partition coefficient (Wildman–Crippen LogP) is 3.77. The van der Waals surface area contributed by atoms with Crippen LogP contribution in [-0.4, -0.2) is 44.8 Å². The molecule has 3 N–H and O–H groups in total. The van der Waals surface area contributed by atoms with Crippen molar-refractivity contribution in [2.45, 2.75) is 6.92 Å². The zero-order chi connectivity index (χ0) is 26.8. The maximum Gasteiger partial charge on any atom is 0.329 e. The Kier molecular flexibility index (Phi) is 9.45. The van der Waals surface area contributed by atoms with E-state index in [1.165, 1.54) is 26.5 Å². The van der Waals surface area contributed by atoms with E-state index in [0.717, 1.165) is 5.56 Å². The number of halogens is 1. The van der Waals surface area contributed by atoms with E-state index in [2.05, 4.69) is 21.2 Å². The third-order valence-corrected chi connectivity index (χ3v) is 5.15. The summed E-state index contributed by atoms with van der Waals surface area (Å²) >= 11 is 6.32. The fourth-order valence-electron chi connectivity index (χ4n) is 3.00. The summed E-state index contributed by atoms with van der Waals surface area (Å²) in [6, 6.07) is 16.9. The lowest BCUT2D eigenvalue weighted by Gasteiger charge is -2.13. The average molecular weight is 525 g/mol. The van der Waals surface area contributed by atoms with Gasteiger partial charge in [0.1, 0.15) is 5.75 Å². The summed E-state index contributed by atoms with van der Waals surface area (Å²) in [5.41, 5.74) is 4.73. The Balaban J connectivity index is 1.56. The maximum atomic E-state index is 12.2. The van der Waals surface area contributed by atoms with Gasteiger partial charge < -0.3 is 24.8 Å². The van der Waals surface area contributed by atoms with Crippen LogP contribution in [-0.2, 0) is 14.4 Å². The van der Waals surface area contributed by atoms with E-state index >= 15 is 0 Å². The summed E-state index contributed by atoms with van der Waals surface area (Å²) in [7, 11) is 2.94. The fourth-order valence-corrected chi connectivity index (χ4v) is 3.28. The van der Waals surface area contributed by atoms with Crippen LogP contribution in [0.3, 0.4) is 0 Å². The lowest BCUT2D eigenvalue weighted by molar-refractivity contribution is -0.136. The molecule has 37 heavy (non-hydrogen) atoms. The first-order valence-electron chi connectivity index (χ1n) is 10.9. The van der Waals surface area contributed by atoms with Gasteiger partial charge >= 0.3 is 11.8 Å². The Morgan fingerprint density at radius 3 is 2.19 bits per heavy atom. The molecule has 0 aromatic heterocycles. The van der Waals surface area contributed by atoms with Crippen molar-refractivity contribution in [2.75, 3.05) is 31.5 Å². The number of aryl methyl sites for hydroxylation is 1. The molecule has 0 radical (unpaired) electrons. The number of hydrogen-bond acceptors (Lipinski definition) is 7. The predicted molar refractivity (Wildman–Crippen MR) is 141 cm³/mol. The summed E-state index contributed by atoms with van der Waals surface area (Å²) in [6.45, 7) is 1.66. The number of nitrogens with one attached hydrogen (secondary N) is 3. The van der Waals surface area contributed by atoms with Crippen LogP contribution in [0.1, 0.15) is 11.1 Å². The summed E-state index contributed by atoms with van der Waals surface area (Å²) in [5.74, 6) is -1.20. The number of nitrogens with zero attached hydrogens (tertiary/aromatic N) is 1. The van der Waals surface area contributed by atoms with Crippen LogP contribution in [0, 0.1) is 6.92 Å². The molecule has 3 rings (SSSR count). The van der Waals surface area contributed by atoms with E-state index in [9.17, 15) is 14.4 Å². The van der Waals surface area contributed by atoms with Crippen LogP contribution in [0.2, 0.25) is 5.02 Å². The van der Waals surface area contributed by atoms with E-state index in [4.69, 9.17) is 25.8 Å². The number of amides is 3. The molecule has 0 spiro atoms. The normalized spacial score (nSPS) is 10.5. The third-order valence-electron chi connectivity index (χ3n) is 4.87. The molecule has 3 aromatic rings. The van der Waals surface area contributed by atoms with Crippen LogP contribution in [0.25, 0.3) is 0 Å². The minimum Gasteiger partial charge on any atom is -0.497 e. The Morgan fingerprint density at radius 1 is 0.892 bits per heavy atom. The molecular formula is C26H25ClN4O6. The number of methoxy groups -OCH3 is 2. The van der Waals surface area contributed by atoms with Crippen LogP contribution < -0.4 is 30.3 Å². The summed E-state index contributed by atoms with van der Waals surface area (Å²) in [5, 5.41) is 9.11. The van der Waals surface area contributed by atoms with Crippen molar-refractivity contribution < 1.29 is 28.6 Å². The van der Waals surface area contributed by atoms with Gasteiger partial charge in [0.2, 0.25) is 0 Å². The minimum atomic E-state index is -0.968. The first-order chi connectivity index (χ1) is 17.8. The van der Waals surface area contributed by atoms with Gasteiger partial charge in [0, 0.05) is 11.4 Å². The SMILES string of the molecule is COc1ccc(NC(=O)C(=O)N/N=C\c2cc(Cl)c(OCC(=O)Nc3ccc(C)cc3)c(OC)c2)cc1. The van der Waals surface area contributed by atoms with Gasteiger partial charge in [-0.1, -0.05) is 29.3 Å². The van der Waals surface area contributed by atoms with Crippen LogP contribution in [0.4, 0.5) is 11.4 Å². The molecule has 0 atom stereocenters. The Bertz CT molecular complexity index is 1290. The van der Waals surface area contributed by atoms with Crippen molar-refractivity contribution >= 4 is 46.9 Å². The number of rotatable bonds is 9. The highest BCUT2D eigenvalue weighted by Gasteiger charge is 2.15. The minimum absolute atomic E-state index is 0.160. The van der Waals surface area contributed by atoms with Crippen LogP contribution >= 0.6 is 11.6 Å². The van der Waals surface area contributed by atoms with Gasteiger partial charge in [-0.3, -0.25) is 14.4 Å². The van der Waals surface area contributed by atoms with Crippen LogP contribution in [0.5, 0.6) is 17.2 Å². The number of carbonyl (C=O) groups excluding carboxylic acids is 3. The monoisotopic (exact) mass is 524 g/mol. The van der Waals surface area contributed by atoms with Gasteiger partial charge in [0.15, 0.2) is 18.1 Å². The molecule has 0 saturated heterocycles. The van der Waals surface area contributed by atoms with E-state index in [0.29, 0.717) is 22.7 Å². The van der Waals surface area contributed by atoms with E-state index < -0.39 is 11.8 Å². The second kappa shape index (κ2) is 12.9. The fraction of sp³-hybridized carbons (Fsp3) is 0.154. The molecule has 192 valence electrons. The van der Waals surface area contributed by atoms with E-state index in [1.807, 2.05) is 19.1 Å². The number of anilines is 2. The van der Waals surface area contributed by atoms with Crippen molar-refractivity contribution in [1.82, 2.24) is 5.43 Å². The largest absolute Gasteiger partial charge is 0.497 e. The number of benzene rings is 3. The highest BCUT2D eigenvalue weighted by molar-refractivity contribution is 6.39. The Hall–Kier alpha value is -4.57. The molecule has 0 bridgehead atoms. The lowest BCUT2D eigenvalue weighted by atomic mass is 10.2. The topological polar surface area (TPSA) is 127 Å². The van der Waals surface area contributed by atoms with Crippen molar-refractivity contribution in [3.8, 4) is 17.2 Å². The first kappa shape index (κ1) is 27.0. The number of ether oxygens (including phenoxy) is 3. The molecule has 0 unspecified atom stereocenters. The standard InChI is InChI=1S/C26H25ClN4O6/c1-16-4-6-18(7-5-16)29-23(32)15-37-24-21(27)12-17(13-22(24)36-3)14-28-31-26(34)25(33)30-19-8-10-20(35-2)11-9-19/h4-14H,15H2,1-3H3,(H,29,32)(H,30,33)(H,31,34)/b28-14-. The van der Waals surface area contributed by atoms with E-state index in [1.54, 1.807) is 42.5 Å². The molecule has 10 nitrogen and oxygen atoms in total. The van der Waals surface area contributed by atoms with Crippen molar-refractivity contribution in [1.29, 1.82) is 0 Å². The van der Waals surface area contributed by atoms with Gasteiger partial charge in [-0.15, -0.1) is 0 Å². The molecule has 0 aliphatic heterocycles. The Morgan fingerprint density at radius 2 is 1.54 bits per heavy atom. The second-order valence-electron chi connectivity index (χ2n) is 7.62. The molecule has 3 amide bonds. The number of hydrogen-bond donors (Lipinski definition) is 3. The molecule has 0 heterocycles. The lowest BCUT2D eigenvalue weighted by Crippen LogP contribution is -2.32. The summed E-state index contributed by atoms with van der Waals surface area (Å²) in [6.07, 6.45) is 1.28. The van der Waals surface area contributed by atoms with Gasteiger partial charge in [0.05, 0.1) is 25.5 Å². The van der Waals surface area contributed by atoms with Crippen molar-refractivity contribution in [2.24, 2.45) is 5.10 Å². The van der Waals surface area contributed by atoms with Crippen molar-refractivity contribution in [3.63, 3.8) is 0 Å². The molecule has 0 aliphatic carbocycles.